The van der Waals surface area contributed by atoms with E-state index < -0.39 is 17.6 Å². The van der Waals surface area contributed by atoms with E-state index in [4.69, 9.17) is 4.74 Å². The molecule has 0 radical (unpaired) electrons. The molecule has 38 heavy (non-hydrogen) atoms. The highest BCUT2D eigenvalue weighted by atomic mass is 32.2. The molecular formula is C30H32F2N2O3S. The summed E-state index contributed by atoms with van der Waals surface area (Å²) in [6.45, 7) is 2.82. The predicted molar refractivity (Wildman–Crippen MR) is 147 cm³/mol. The first-order chi connectivity index (χ1) is 18.3. The van der Waals surface area contributed by atoms with Gasteiger partial charge in [0.15, 0.2) is 4.90 Å². The lowest BCUT2D eigenvalue weighted by Crippen LogP contribution is -2.41. The number of fused-ring (bicyclic) bond motifs is 2. The number of amides is 2. The van der Waals surface area contributed by atoms with Crippen LogP contribution in [0, 0.1) is 0 Å². The highest BCUT2D eigenvalue weighted by Gasteiger charge is 2.46. The first-order valence-electron chi connectivity index (χ1n) is 13.0. The Bertz CT molecular complexity index is 1310. The van der Waals surface area contributed by atoms with E-state index in [0.29, 0.717) is 30.2 Å². The Labute approximate surface area is 225 Å². The van der Waals surface area contributed by atoms with E-state index in [1.807, 2.05) is 49.4 Å². The third-order valence-corrected chi connectivity index (χ3v) is 9.14. The summed E-state index contributed by atoms with van der Waals surface area (Å²) in [6, 6.07) is 17.8. The molecule has 1 unspecified atom stereocenters. The van der Waals surface area contributed by atoms with Gasteiger partial charge in [-0.3, -0.25) is 4.90 Å². The van der Waals surface area contributed by atoms with E-state index in [2.05, 4.69) is 5.32 Å². The number of methoxy groups -OCH3 is 1. The van der Waals surface area contributed by atoms with E-state index in [9.17, 15) is 18.1 Å². The van der Waals surface area contributed by atoms with E-state index in [-0.39, 0.29) is 17.0 Å². The molecule has 1 aliphatic heterocycles. The summed E-state index contributed by atoms with van der Waals surface area (Å²) < 4.78 is 45.0. The van der Waals surface area contributed by atoms with Gasteiger partial charge in [0, 0.05) is 29.8 Å². The van der Waals surface area contributed by atoms with Gasteiger partial charge in [0.1, 0.15) is 11.5 Å². The standard InChI is InChI=1S/C30H32F2N2O3S/c1-3-38(36)23-10-6-20(7-11-23)18-33-29(35)34-19-30(14-4-5-15-30)26-16-21(8-13-27(26)34)24-12-9-22(37-2)17-25(24)28(31)32/h6-13,16-17,28H,3-5,14-15,18-19H2,1-2H3,(H,33,35). The van der Waals surface area contributed by atoms with Crippen molar-refractivity contribution >= 4 is 22.9 Å². The summed E-state index contributed by atoms with van der Waals surface area (Å²) in [7, 11) is 1.47. The molecule has 0 aromatic heterocycles. The molecule has 8 heteroatoms. The van der Waals surface area contributed by atoms with Crippen LogP contribution in [0.25, 0.3) is 11.1 Å². The van der Waals surface area contributed by atoms with E-state index in [0.717, 1.165) is 53.0 Å². The van der Waals surface area contributed by atoms with Crippen molar-refractivity contribution in [1.29, 1.82) is 0 Å². The Balaban J connectivity index is 1.41. The molecule has 3 aromatic carbocycles. The normalized spacial score (nSPS) is 16.6. The average molecular weight is 539 g/mol. The van der Waals surface area contributed by atoms with Gasteiger partial charge in [-0.2, -0.15) is 0 Å². The molecule has 1 N–H and O–H groups in total. The fourth-order valence-corrected chi connectivity index (χ4v) is 6.58. The molecule has 1 aliphatic carbocycles. The number of halogens is 2. The maximum Gasteiger partial charge on any atom is 0.322 e. The first-order valence-corrected chi connectivity index (χ1v) is 14.3. The third kappa shape index (κ3) is 4.99. The number of nitrogens with one attached hydrogen (secondary N) is 1. The zero-order chi connectivity index (χ0) is 26.9. The van der Waals surface area contributed by atoms with Crippen LogP contribution in [0.3, 0.4) is 0 Å². The molecule has 0 bridgehead atoms. The lowest BCUT2D eigenvalue weighted by Gasteiger charge is -2.25. The Morgan fingerprint density at radius 1 is 1.11 bits per heavy atom. The van der Waals surface area contributed by atoms with Gasteiger partial charge in [-0.15, -0.1) is 0 Å². The molecule has 5 rings (SSSR count). The lowest BCUT2D eigenvalue weighted by atomic mass is 9.79. The van der Waals surface area contributed by atoms with Crippen molar-refractivity contribution in [2.24, 2.45) is 0 Å². The second-order valence-corrected chi connectivity index (χ2v) is 11.7. The molecule has 2 aliphatic rings. The number of alkyl halides is 2. The van der Waals surface area contributed by atoms with Crippen molar-refractivity contribution < 1.29 is 22.9 Å². The van der Waals surface area contributed by atoms with Gasteiger partial charge < -0.3 is 14.6 Å². The molecule has 1 saturated carbocycles. The van der Waals surface area contributed by atoms with Crippen molar-refractivity contribution in [1.82, 2.24) is 5.32 Å². The number of rotatable bonds is 7. The summed E-state index contributed by atoms with van der Waals surface area (Å²) in [5.74, 6) is 0.962. The lowest BCUT2D eigenvalue weighted by molar-refractivity contribution is 0.151. The minimum absolute atomic E-state index is 0.0637. The van der Waals surface area contributed by atoms with Gasteiger partial charge >= 0.3 is 6.03 Å². The number of benzene rings is 3. The highest BCUT2D eigenvalue weighted by molar-refractivity contribution is 7.91. The van der Waals surface area contributed by atoms with Gasteiger partial charge in [0.25, 0.3) is 6.43 Å². The second kappa shape index (κ2) is 10.9. The average Bonchev–Trinajstić information content (AvgIpc) is 3.56. The Morgan fingerprint density at radius 3 is 2.50 bits per heavy atom. The van der Waals surface area contributed by atoms with E-state index in [1.165, 1.54) is 13.2 Å². The first kappa shape index (κ1) is 26.5. The fourth-order valence-electron chi connectivity index (χ4n) is 5.81. The maximum atomic E-state index is 13.9. The van der Waals surface area contributed by atoms with Crippen molar-refractivity contribution in [2.45, 2.75) is 55.9 Å². The topological polar surface area (TPSA) is 64.6 Å². The number of anilines is 1. The van der Waals surface area contributed by atoms with Gasteiger partial charge in [-0.1, -0.05) is 37.1 Å². The fraction of sp³-hybridized carbons (Fsp3) is 0.367. The summed E-state index contributed by atoms with van der Waals surface area (Å²) in [5, 5.41) is 3.03. The van der Waals surface area contributed by atoms with Crippen LogP contribution in [-0.2, 0) is 23.1 Å². The van der Waals surface area contributed by atoms with Gasteiger partial charge in [0.2, 0.25) is 0 Å². The van der Waals surface area contributed by atoms with Crippen LogP contribution in [0.4, 0.5) is 19.3 Å². The van der Waals surface area contributed by atoms with Crippen LogP contribution < -0.4 is 15.0 Å². The predicted octanol–water partition coefficient (Wildman–Crippen LogP) is 6.97. The van der Waals surface area contributed by atoms with Crippen molar-refractivity contribution in [3.8, 4) is 16.9 Å². The van der Waals surface area contributed by atoms with Crippen LogP contribution in [0.1, 0.15) is 55.7 Å². The molecule has 1 fully saturated rings. The summed E-state index contributed by atoms with van der Waals surface area (Å²) in [4.78, 5) is 15.9. The molecule has 5 nitrogen and oxygen atoms in total. The summed E-state index contributed by atoms with van der Waals surface area (Å²) in [6.07, 6.45) is 1.46. The molecule has 200 valence electrons. The monoisotopic (exact) mass is 538 g/mol. The quantitative estimate of drug-likeness (QED) is 0.331. The molecule has 2 amide bonds. The largest absolute Gasteiger partial charge is 0.611 e. The van der Waals surface area contributed by atoms with E-state index >= 15 is 0 Å². The SMILES string of the molecule is CC[S+]([O-])c1ccc(CNC(=O)N2CC3(CCCC3)c3cc(-c4ccc(OC)cc4C(F)F)ccc32)cc1. The Kier molecular flexibility index (Phi) is 7.63. The molecule has 1 spiro atoms. The zero-order valence-corrected chi connectivity index (χ0v) is 22.5. The molecule has 0 saturated heterocycles. The zero-order valence-electron chi connectivity index (χ0n) is 21.6. The Morgan fingerprint density at radius 2 is 1.84 bits per heavy atom. The molecule has 3 aromatic rings. The molecule has 1 atom stereocenters. The van der Waals surface area contributed by atoms with E-state index in [1.54, 1.807) is 17.0 Å². The van der Waals surface area contributed by atoms with Crippen LogP contribution in [0.5, 0.6) is 5.75 Å². The van der Waals surface area contributed by atoms with Crippen LogP contribution >= 0.6 is 0 Å². The smallest absolute Gasteiger partial charge is 0.322 e. The number of carbonyl (C=O) groups is 1. The second-order valence-electron chi connectivity index (χ2n) is 10.00. The van der Waals surface area contributed by atoms with Gasteiger partial charge in [0.05, 0.1) is 7.11 Å². The highest BCUT2D eigenvalue weighted by Crippen LogP contribution is 2.51. The number of carbonyl (C=O) groups excluding carboxylic acids is 1. The number of ether oxygens (including phenoxy) is 1. The number of hydrogen-bond donors (Lipinski definition) is 1. The minimum atomic E-state index is -2.63. The van der Waals surface area contributed by atoms with Gasteiger partial charge in [-0.05, 0) is 89.6 Å². The summed E-state index contributed by atoms with van der Waals surface area (Å²) >= 11 is -1.01. The molecular weight excluding hydrogens is 506 g/mol. The van der Waals surface area contributed by atoms with Crippen LogP contribution in [0.2, 0.25) is 0 Å². The number of hydrogen-bond acceptors (Lipinski definition) is 3. The molecule has 1 heterocycles. The number of urea groups is 1. The summed E-state index contributed by atoms with van der Waals surface area (Å²) in [5.41, 5.74) is 3.81. The van der Waals surface area contributed by atoms with Crippen LogP contribution in [0.15, 0.2) is 65.6 Å². The van der Waals surface area contributed by atoms with Crippen molar-refractivity contribution in [3.05, 3.63) is 77.4 Å². The van der Waals surface area contributed by atoms with Crippen LogP contribution in [-0.4, -0.2) is 30.0 Å². The Hall–Kier alpha value is -3.10. The minimum Gasteiger partial charge on any atom is -0.611 e. The van der Waals surface area contributed by atoms with Gasteiger partial charge in [-0.25, -0.2) is 13.6 Å². The maximum absolute atomic E-state index is 13.9. The van der Waals surface area contributed by atoms with Crippen molar-refractivity contribution in [3.63, 3.8) is 0 Å². The van der Waals surface area contributed by atoms with Crippen molar-refractivity contribution in [2.75, 3.05) is 24.3 Å². The third-order valence-electron chi connectivity index (χ3n) is 7.82. The number of nitrogens with zero attached hydrogens (tertiary/aromatic N) is 1.